The summed E-state index contributed by atoms with van der Waals surface area (Å²) in [6.45, 7) is 7.43. The Morgan fingerprint density at radius 1 is 1.39 bits per heavy atom. The van der Waals surface area contributed by atoms with Crippen LogP contribution < -0.4 is 5.32 Å². The standard InChI is InChI=1S/C13H17BrN2S2/c1-4-15-11(12-9(14)5-6-17-12)13-16-10(7-18-13)8(2)3/h5-8,11,15H,4H2,1-3H3. The van der Waals surface area contributed by atoms with Crippen molar-refractivity contribution >= 4 is 38.6 Å². The zero-order chi connectivity index (χ0) is 13.1. The van der Waals surface area contributed by atoms with Gasteiger partial charge in [-0.15, -0.1) is 22.7 Å². The third-order valence-electron chi connectivity index (χ3n) is 2.69. The molecule has 0 spiro atoms. The second-order valence-electron chi connectivity index (χ2n) is 4.39. The summed E-state index contributed by atoms with van der Waals surface area (Å²) in [6.07, 6.45) is 0. The van der Waals surface area contributed by atoms with Crippen LogP contribution in [0.4, 0.5) is 0 Å². The Labute approximate surface area is 125 Å². The monoisotopic (exact) mass is 344 g/mol. The third-order valence-corrected chi connectivity index (χ3v) is 5.56. The fourth-order valence-corrected chi connectivity index (χ4v) is 4.52. The first kappa shape index (κ1) is 14.2. The molecule has 0 aromatic carbocycles. The lowest BCUT2D eigenvalue weighted by atomic mass is 10.1. The van der Waals surface area contributed by atoms with Crippen LogP contribution in [-0.4, -0.2) is 11.5 Å². The first-order valence-corrected chi connectivity index (χ1v) is 8.60. The Balaban J connectivity index is 2.32. The van der Waals surface area contributed by atoms with Gasteiger partial charge in [-0.3, -0.25) is 0 Å². The van der Waals surface area contributed by atoms with Crippen LogP contribution in [0.15, 0.2) is 21.3 Å². The van der Waals surface area contributed by atoms with Crippen molar-refractivity contribution < 1.29 is 0 Å². The Morgan fingerprint density at radius 2 is 2.17 bits per heavy atom. The average Bonchev–Trinajstić information content (AvgIpc) is 2.95. The molecular weight excluding hydrogens is 328 g/mol. The van der Waals surface area contributed by atoms with Gasteiger partial charge in [0.15, 0.2) is 0 Å². The molecule has 0 amide bonds. The number of thiophene rings is 1. The van der Waals surface area contributed by atoms with E-state index in [1.54, 1.807) is 22.7 Å². The van der Waals surface area contributed by atoms with E-state index >= 15 is 0 Å². The van der Waals surface area contributed by atoms with Crippen molar-refractivity contribution in [3.05, 3.63) is 36.9 Å². The predicted molar refractivity (Wildman–Crippen MR) is 83.7 cm³/mol. The molecule has 2 rings (SSSR count). The number of rotatable bonds is 5. The van der Waals surface area contributed by atoms with Crippen molar-refractivity contribution in [1.82, 2.24) is 10.3 Å². The second kappa shape index (κ2) is 6.28. The summed E-state index contributed by atoms with van der Waals surface area (Å²) in [4.78, 5) is 6.07. The number of hydrogen-bond acceptors (Lipinski definition) is 4. The van der Waals surface area contributed by atoms with Gasteiger partial charge in [-0.1, -0.05) is 20.8 Å². The minimum absolute atomic E-state index is 0.210. The first-order valence-electron chi connectivity index (χ1n) is 6.05. The number of hydrogen-bond donors (Lipinski definition) is 1. The topological polar surface area (TPSA) is 24.9 Å². The SMILES string of the molecule is CCNC(c1nc(C(C)C)cs1)c1sccc1Br. The van der Waals surface area contributed by atoms with E-state index in [1.165, 1.54) is 15.0 Å². The summed E-state index contributed by atoms with van der Waals surface area (Å²) >= 11 is 7.13. The normalized spacial score (nSPS) is 13.2. The summed E-state index contributed by atoms with van der Waals surface area (Å²) in [5.74, 6) is 0.490. The lowest BCUT2D eigenvalue weighted by Gasteiger charge is -2.14. The molecule has 2 nitrogen and oxygen atoms in total. The van der Waals surface area contributed by atoms with E-state index in [0.29, 0.717) is 5.92 Å². The summed E-state index contributed by atoms with van der Waals surface area (Å²) in [7, 11) is 0. The average molecular weight is 345 g/mol. The maximum Gasteiger partial charge on any atom is 0.115 e. The molecule has 0 fully saturated rings. The highest BCUT2D eigenvalue weighted by molar-refractivity contribution is 9.10. The van der Waals surface area contributed by atoms with Crippen molar-refractivity contribution in [2.24, 2.45) is 0 Å². The van der Waals surface area contributed by atoms with Gasteiger partial charge < -0.3 is 5.32 Å². The minimum Gasteiger partial charge on any atom is -0.304 e. The van der Waals surface area contributed by atoms with Crippen LogP contribution in [0.2, 0.25) is 0 Å². The molecule has 0 aliphatic heterocycles. The number of nitrogens with zero attached hydrogens (tertiary/aromatic N) is 1. The largest absolute Gasteiger partial charge is 0.304 e. The Morgan fingerprint density at radius 3 is 2.67 bits per heavy atom. The fraction of sp³-hybridized carbons (Fsp3) is 0.462. The van der Waals surface area contributed by atoms with Gasteiger partial charge in [0.05, 0.1) is 11.7 Å². The summed E-state index contributed by atoms with van der Waals surface area (Å²) < 4.78 is 1.17. The van der Waals surface area contributed by atoms with E-state index in [-0.39, 0.29) is 6.04 Å². The third kappa shape index (κ3) is 3.02. The first-order chi connectivity index (χ1) is 8.63. The molecule has 0 radical (unpaired) electrons. The van der Waals surface area contributed by atoms with Crippen molar-refractivity contribution in [3.8, 4) is 0 Å². The quantitative estimate of drug-likeness (QED) is 0.843. The molecule has 2 aromatic heterocycles. The Hall–Kier alpha value is -0.230. The molecule has 0 saturated carbocycles. The van der Waals surface area contributed by atoms with Gasteiger partial charge in [-0.05, 0) is 39.8 Å². The molecule has 1 atom stereocenters. The van der Waals surface area contributed by atoms with Crippen LogP contribution in [0.25, 0.3) is 0 Å². The van der Waals surface area contributed by atoms with Gasteiger partial charge in [0, 0.05) is 14.7 Å². The molecule has 0 bridgehead atoms. The van der Waals surface area contributed by atoms with Crippen molar-refractivity contribution in [3.63, 3.8) is 0 Å². The Kier molecular flexibility index (Phi) is 4.95. The number of nitrogens with one attached hydrogen (secondary N) is 1. The molecule has 2 heterocycles. The van der Waals surface area contributed by atoms with E-state index < -0.39 is 0 Å². The van der Waals surface area contributed by atoms with Crippen molar-refractivity contribution in [2.75, 3.05) is 6.54 Å². The highest BCUT2D eigenvalue weighted by Gasteiger charge is 2.21. The molecule has 2 aromatic rings. The summed E-state index contributed by atoms with van der Waals surface area (Å²) in [5, 5.41) is 8.96. The molecule has 0 saturated heterocycles. The number of thiazole rings is 1. The van der Waals surface area contributed by atoms with E-state index in [2.05, 4.69) is 58.8 Å². The molecule has 5 heteroatoms. The van der Waals surface area contributed by atoms with E-state index in [9.17, 15) is 0 Å². The van der Waals surface area contributed by atoms with E-state index in [0.717, 1.165) is 11.6 Å². The fourth-order valence-electron chi connectivity index (χ4n) is 1.71. The predicted octanol–water partition coefficient (Wildman–Crippen LogP) is 4.79. The van der Waals surface area contributed by atoms with Crippen LogP contribution in [0.3, 0.4) is 0 Å². The summed E-state index contributed by atoms with van der Waals surface area (Å²) in [5.41, 5.74) is 1.19. The highest BCUT2D eigenvalue weighted by atomic mass is 79.9. The van der Waals surface area contributed by atoms with Gasteiger partial charge in [0.25, 0.3) is 0 Å². The van der Waals surface area contributed by atoms with Gasteiger partial charge >= 0.3 is 0 Å². The number of halogens is 1. The molecule has 98 valence electrons. The van der Waals surface area contributed by atoms with Crippen LogP contribution in [-0.2, 0) is 0 Å². The molecular formula is C13H17BrN2S2. The van der Waals surface area contributed by atoms with Gasteiger partial charge in [-0.25, -0.2) is 4.98 Å². The highest BCUT2D eigenvalue weighted by Crippen LogP contribution is 2.35. The molecule has 18 heavy (non-hydrogen) atoms. The van der Waals surface area contributed by atoms with Crippen LogP contribution in [0.5, 0.6) is 0 Å². The smallest absolute Gasteiger partial charge is 0.115 e. The van der Waals surface area contributed by atoms with E-state index in [4.69, 9.17) is 4.98 Å². The summed E-state index contributed by atoms with van der Waals surface area (Å²) in [6, 6.07) is 2.31. The van der Waals surface area contributed by atoms with Crippen LogP contribution >= 0.6 is 38.6 Å². The van der Waals surface area contributed by atoms with Crippen LogP contribution in [0, 0.1) is 0 Å². The van der Waals surface area contributed by atoms with Crippen LogP contribution in [0.1, 0.15) is 48.3 Å². The molecule has 0 aliphatic carbocycles. The van der Waals surface area contributed by atoms with Gasteiger partial charge in [-0.2, -0.15) is 0 Å². The van der Waals surface area contributed by atoms with Crippen molar-refractivity contribution in [1.29, 1.82) is 0 Å². The number of aromatic nitrogens is 1. The zero-order valence-electron chi connectivity index (χ0n) is 10.7. The minimum atomic E-state index is 0.210. The molecule has 1 N–H and O–H groups in total. The molecule has 1 unspecified atom stereocenters. The maximum atomic E-state index is 4.77. The van der Waals surface area contributed by atoms with Gasteiger partial charge in [0.2, 0.25) is 0 Å². The zero-order valence-corrected chi connectivity index (χ0v) is 14.0. The Bertz CT molecular complexity index is 505. The lowest BCUT2D eigenvalue weighted by Crippen LogP contribution is -2.21. The molecule has 0 aliphatic rings. The van der Waals surface area contributed by atoms with Gasteiger partial charge in [0.1, 0.15) is 5.01 Å². The van der Waals surface area contributed by atoms with E-state index in [1.807, 2.05) is 0 Å². The van der Waals surface area contributed by atoms with Crippen molar-refractivity contribution in [2.45, 2.75) is 32.7 Å². The second-order valence-corrected chi connectivity index (χ2v) is 7.08. The maximum absolute atomic E-state index is 4.77. The lowest BCUT2D eigenvalue weighted by molar-refractivity contribution is 0.630.